The van der Waals surface area contributed by atoms with Gasteiger partial charge in [0.25, 0.3) is 0 Å². The Hall–Kier alpha value is -1.04. The third-order valence-corrected chi connectivity index (χ3v) is 6.77. The van der Waals surface area contributed by atoms with Crippen molar-refractivity contribution >= 4 is 0 Å². The minimum absolute atomic E-state index is 0.434. The first-order chi connectivity index (χ1) is 16.8. The normalized spacial score (nSPS) is 18.2. The lowest BCUT2D eigenvalue weighted by Crippen LogP contribution is -2.22. The highest BCUT2D eigenvalue weighted by Gasteiger charge is 2.31. The molecule has 1 atom stereocenters. The molecule has 1 unspecified atom stereocenters. The Morgan fingerprint density at radius 3 is 1.94 bits per heavy atom. The molecule has 0 aromatic heterocycles. The molecule has 2 rings (SSSR count). The fraction of sp³-hybridized carbons (Fsp3) is 0.771. The van der Waals surface area contributed by atoms with Gasteiger partial charge in [-0.15, -0.1) is 13.2 Å². The SMILES string of the molecule is C=C.C=C(C)C1=C(/C(=C\CC(C)CCCC)C2CCCCC2)CCC(C)(C)C1.CC.CC.CCC. The van der Waals surface area contributed by atoms with Crippen LogP contribution in [-0.4, -0.2) is 0 Å². The zero-order valence-corrected chi connectivity index (χ0v) is 26.5. The molecule has 0 nitrogen and oxygen atoms in total. The summed E-state index contributed by atoms with van der Waals surface area (Å²) in [5.74, 6) is 1.63. The van der Waals surface area contributed by atoms with Crippen molar-refractivity contribution in [1.82, 2.24) is 0 Å². The van der Waals surface area contributed by atoms with Crippen molar-refractivity contribution in [3.63, 3.8) is 0 Å². The van der Waals surface area contributed by atoms with Crippen LogP contribution in [0.2, 0.25) is 0 Å². The predicted molar refractivity (Wildman–Crippen MR) is 167 cm³/mol. The highest BCUT2D eigenvalue weighted by molar-refractivity contribution is 5.46. The van der Waals surface area contributed by atoms with Crippen molar-refractivity contribution in [3.05, 3.63) is 48.1 Å². The Bertz CT molecular complexity index is 551. The Morgan fingerprint density at radius 1 is 0.971 bits per heavy atom. The highest BCUT2D eigenvalue weighted by atomic mass is 14.4. The minimum Gasteiger partial charge on any atom is -0.106 e. The number of unbranched alkanes of at least 4 members (excludes halogenated alkanes) is 1. The van der Waals surface area contributed by atoms with Crippen LogP contribution in [0.4, 0.5) is 0 Å². The average Bonchev–Trinajstić information content (AvgIpc) is 2.88. The maximum Gasteiger partial charge on any atom is -0.0162 e. The summed E-state index contributed by atoms with van der Waals surface area (Å²) in [5, 5.41) is 0. The predicted octanol–water partition coefficient (Wildman–Crippen LogP) is 13.1. The summed E-state index contributed by atoms with van der Waals surface area (Å²) < 4.78 is 0. The van der Waals surface area contributed by atoms with E-state index in [9.17, 15) is 0 Å². The fourth-order valence-electron chi connectivity index (χ4n) is 4.96. The van der Waals surface area contributed by atoms with Gasteiger partial charge in [0.2, 0.25) is 0 Å². The van der Waals surface area contributed by atoms with Crippen LogP contribution in [0.25, 0.3) is 0 Å². The monoisotopic (exact) mass is 489 g/mol. The molecule has 0 aliphatic heterocycles. The van der Waals surface area contributed by atoms with E-state index in [1.165, 1.54) is 89.0 Å². The van der Waals surface area contributed by atoms with Crippen molar-refractivity contribution in [2.45, 2.75) is 160 Å². The van der Waals surface area contributed by atoms with E-state index < -0.39 is 0 Å². The fourth-order valence-corrected chi connectivity index (χ4v) is 4.96. The summed E-state index contributed by atoms with van der Waals surface area (Å²) in [6.45, 7) is 34.5. The second-order valence-corrected chi connectivity index (χ2v) is 10.8. The van der Waals surface area contributed by atoms with Crippen molar-refractivity contribution in [2.24, 2.45) is 17.3 Å². The van der Waals surface area contributed by atoms with E-state index >= 15 is 0 Å². The lowest BCUT2D eigenvalue weighted by molar-refractivity contribution is 0.312. The topological polar surface area (TPSA) is 0 Å². The van der Waals surface area contributed by atoms with Gasteiger partial charge in [0, 0.05) is 0 Å². The second kappa shape index (κ2) is 24.6. The largest absolute Gasteiger partial charge is 0.106 e. The highest BCUT2D eigenvalue weighted by Crippen LogP contribution is 2.46. The molecule has 1 fully saturated rings. The molecule has 35 heavy (non-hydrogen) atoms. The number of hydrogen-bond acceptors (Lipinski definition) is 0. The first kappa shape index (κ1) is 38.5. The van der Waals surface area contributed by atoms with Gasteiger partial charge in [-0.25, -0.2) is 0 Å². The van der Waals surface area contributed by atoms with E-state index in [0.717, 1.165) is 11.8 Å². The van der Waals surface area contributed by atoms with Crippen LogP contribution in [0.1, 0.15) is 160 Å². The van der Waals surface area contributed by atoms with Gasteiger partial charge < -0.3 is 0 Å². The van der Waals surface area contributed by atoms with Gasteiger partial charge in [0.1, 0.15) is 0 Å². The van der Waals surface area contributed by atoms with Gasteiger partial charge >= 0.3 is 0 Å². The Labute approximate surface area is 224 Å². The summed E-state index contributed by atoms with van der Waals surface area (Å²) in [5.41, 5.74) is 6.78. The third kappa shape index (κ3) is 17.1. The van der Waals surface area contributed by atoms with Gasteiger partial charge in [-0.05, 0) is 79.4 Å². The average molecular weight is 489 g/mol. The molecular formula is C35H68. The van der Waals surface area contributed by atoms with Gasteiger partial charge in [0.15, 0.2) is 0 Å². The molecule has 0 amide bonds. The van der Waals surface area contributed by atoms with E-state index in [0.29, 0.717) is 5.41 Å². The molecule has 0 spiro atoms. The van der Waals surface area contributed by atoms with Crippen molar-refractivity contribution in [3.8, 4) is 0 Å². The maximum absolute atomic E-state index is 4.37. The molecule has 0 N–H and O–H groups in total. The standard InChI is InChI=1S/C26H44.C3H8.2C2H6.C2H4/c1-7-8-12-21(4)15-16-23(22-13-10-9-11-14-22)24-17-18-26(5,6)19-25(24)20(2)3;1-3-2;3*1-2/h16,21-22H,2,7-15,17-19H2,1,3-6H3;3H2,1-2H3;2*1-2H3;1-2H2/b23-16-;;;;. The van der Waals surface area contributed by atoms with Crippen LogP contribution in [0.5, 0.6) is 0 Å². The smallest absolute Gasteiger partial charge is 0.0162 e. The summed E-state index contributed by atoms with van der Waals surface area (Å²) in [4.78, 5) is 0. The molecule has 0 saturated heterocycles. The van der Waals surface area contributed by atoms with E-state index in [1.807, 2.05) is 27.7 Å². The molecule has 2 aliphatic carbocycles. The van der Waals surface area contributed by atoms with Gasteiger partial charge in [-0.1, -0.05) is 132 Å². The quantitative estimate of drug-likeness (QED) is 0.298. The van der Waals surface area contributed by atoms with E-state index in [4.69, 9.17) is 0 Å². The summed E-state index contributed by atoms with van der Waals surface area (Å²) >= 11 is 0. The van der Waals surface area contributed by atoms with Gasteiger partial charge in [-0.2, -0.15) is 0 Å². The summed E-state index contributed by atoms with van der Waals surface area (Å²) in [7, 11) is 0. The maximum atomic E-state index is 4.37. The zero-order valence-electron chi connectivity index (χ0n) is 26.5. The van der Waals surface area contributed by atoms with E-state index in [-0.39, 0.29) is 0 Å². The second-order valence-electron chi connectivity index (χ2n) is 10.8. The summed E-state index contributed by atoms with van der Waals surface area (Å²) in [6.07, 6.45) is 20.2. The molecule has 0 heteroatoms. The molecule has 1 saturated carbocycles. The van der Waals surface area contributed by atoms with Gasteiger partial charge in [0.05, 0.1) is 0 Å². The minimum atomic E-state index is 0.434. The molecule has 208 valence electrons. The Morgan fingerprint density at radius 2 is 1.49 bits per heavy atom. The van der Waals surface area contributed by atoms with Gasteiger partial charge in [-0.3, -0.25) is 0 Å². The van der Waals surface area contributed by atoms with Crippen LogP contribution >= 0.6 is 0 Å². The molecule has 0 bridgehead atoms. The van der Waals surface area contributed by atoms with Crippen molar-refractivity contribution in [2.75, 3.05) is 0 Å². The van der Waals surface area contributed by atoms with E-state index in [1.54, 1.807) is 16.7 Å². The lowest BCUT2D eigenvalue weighted by atomic mass is 9.68. The molecule has 0 radical (unpaired) electrons. The van der Waals surface area contributed by atoms with Crippen LogP contribution in [-0.2, 0) is 0 Å². The van der Waals surface area contributed by atoms with Crippen LogP contribution in [0, 0.1) is 17.3 Å². The van der Waals surface area contributed by atoms with Crippen LogP contribution in [0.15, 0.2) is 48.1 Å². The first-order valence-electron chi connectivity index (χ1n) is 15.3. The molecule has 0 aromatic rings. The number of allylic oxidation sites excluding steroid dienone is 5. The number of rotatable bonds is 8. The van der Waals surface area contributed by atoms with Crippen molar-refractivity contribution < 1.29 is 0 Å². The first-order valence-corrected chi connectivity index (χ1v) is 15.3. The number of hydrogen-bond donors (Lipinski definition) is 0. The van der Waals surface area contributed by atoms with Crippen LogP contribution in [0.3, 0.4) is 0 Å². The van der Waals surface area contributed by atoms with Crippen LogP contribution < -0.4 is 0 Å². The Balaban J connectivity index is -0.00000101. The molecule has 2 aliphatic rings. The molecule has 0 aromatic carbocycles. The lowest BCUT2D eigenvalue weighted by Gasteiger charge is -2.37. The van der Waals surface area contributed by atoms with Crippen molar-refractivity contribution in [1.29, 1.82) is 0 Å². The molecule has 0 heterocycles. The Kier molecular flexibility index (Phi) is 27.1. The molecular weight excluding hydrogens is 420 g/mol. The van der Waals surface area contributed by atoms with E-state index in [2.05, 4.69) is 74.3 Å². The summed E-state index contributed by atoms with van der Waals surface area (Å²) in [6, 6.07) is 0. The third-order valence-electron chi connectivity index (χ3n) is 6.77. The zero-order chi connectivity index (χ0) is 27.9.